The first kappa shape index (κ1) is 15.7. The molecule has 2 rings (SSSR count). The lowest BCUT2D eigenvalue weighted by Crippen LogP contribution is -2.25. The van der Waals surface area contributed by atoms with Crippen molar-refractivity contribution in [2.45, 2.75) is 13.0 Å². The Bertz CT molecular complexity index is 684. The maximum absolute atomic E-state index is 12.2. The molecule has 1 unspecified atom stereocenters. The molecule has 0 radical (unpaired) electrons. The molecule has 0 heterocycles. The van der Waals surface area contributed by atoms with E-state index in [0.29, 0.717) is 16.8 Å². The van der Waals surface area contributed by atoms with Crippen LogP contribution < -0.4 is 10.6 Å². The Morgan fingerprint density at radius 1 is 1.05 bits per heavy atom. The molecule has 5 nitrogen and oxygen atoms in total. The van der Waals surface area contributed by atoms with Crippen molar-refractivity contribution >= 4 is 17.5 Å². The lowest BCUT2D eigenvalue weighted by molar-refractivity contribution is -0.124. The number of benzene rings is 2. The molecule has 0 aromatic heterocycles. The Kier molecular flexibility index (Phi) is 4.91. The summed E-state index contributed by atoms with van der Waals surface area (Å²) >= 11 is 0. The van der Waals surface area contributed by atoms with Crippen molar-refractivity contribution in [3.63, 3.8) is 0 Å². The number of aliphatic hydroxyl groups excluding tert-OH is 1. The Morgan fingerprint density at radius 2 is 1.73 bits per heavy atom. The van der Waals surface area contributed by atoms with E-state index in [4.69, 9.17) is 0 Å². The van der Waals surface area contributed by atoms with Crippen LogP contribution in [0, 0.1) is 6.92 Å². The van der Waals surface area contributed by atoms with Gasteiger partial charge in [0, 0.05) is 7.05 Å². The van der Waals surface area contributed by atoms with Gasteiger partial charge in [-0.15, -0.1) is 0 Å². The van der Waals surface area contributed by atoms with Gasteiger partial charge in [0.2, 0.25) is 0 Å². The molecule has 0 aliphatic rings. The lowest BCUT2D eigenvalue weighted by atomic mass is 10.0. The smallest absolute Gasteiger partial charge is 0.257 e. The Balaban J connectivity index is 2.26. The molecule has 1 atom stereocenters. The van der Waals surface area contributed by atoms with E-state index < -0.39 is 12.0 Å². The van der Waals surface area contributed by atoms with Crippen LogP contribution in [0.2, 0.25) is 0 Å². The zero-order valence-electron chi connectivity index (χ0n) is 12.5. The summed E-state index contributed by atoms with van der Waals surface area (Å²) in [5.74, 6) is -0.871. The molecule has 22 heavy (non-hydrogen) atoms. The number of hydrogen-bond donors (Lipinski definition) is 3. The molecule has 2 aromatic carbocycles. The zero-order valence-corrected chi connectivity index (χ0v) is 12.5. The molecule has 0 aliphatic heterocycles. The minimum Gasteiger partial charge on any atom is -0.378 e. The van der Waals surface area contributed by atoms with Crippen LogP contribution >= 0.6 is 0 Å². The topological polar surface area (TPSA) is 78.4 Å². The second-order valence-electron chi connectivity index (χ2n) is 4.88. The first-order valence-electron chi connectivity index (χ1n) is 6.90. The van der Waals surface area contributed by atoms with E-state index in [9.17, 15) is 14.7 Å². The highest BCUT2D eigenvalue weighted by molar-refractivity contribution is 6.05. The number of nitrogens with one attached hydrogen (secondary N) is 2. The second kappa shape index (κ2) is 6.87. The van der Waals surface area contributed by atoms with Crippen molar-refractivity contribution < 1.29 is 14.7 Å². The quantitative estimate of drug-likeness (QED) is 0.808. The van der Waals surface area contributed by atoms with Crippen LogP contribution in [-0.2, 0) is 4.79 Å². The number of rotatable bonds is 4. The molecule has 0 fully saturated rings. The molecule has 3 N–H and O–H groups in total. The molecule has 5 heteroatoms. The van der Waals surface area contributed by atoms with Crippen LogP contribution in [0.3, 0.4) is 0 Å². The van der Waals surface area contributed by atoms with Gasteiger partial charge in [-0.1, -0.05) is 42.5 Å². The highest BCUT2D eigenvalue weighted by Crippen LogP contribution is 2.22. The van der Waals surface area contributed by atoms with Crippen molar-refractivity contribution in [1.29, 1.82) is 0 Å². The first-order valence-corrected chi connectivity index (χ1v) is 6.90. The molecule has 0 bridgehead atoms. The van der Waals surface area contributed by atoms with E-state index in [1.807, 2.05) is 0 Å². The Labute approximate surface area is 129 Å². The van der Waals surface area contributed by atoms with Crippen molar-refractivity contribution in [1.82, 2.24) is 5.32 Å². The van der Waals surface area contributed by atoms with Crippen LogP contribution in [0.1, 0.15) is 27.6 Å². The number of carbonyl (C=O) groups excluding carboxylic acids is 2. The summed E-state index contributed by atoms with van der Waals surface area (Å²) in [4.78, 5) is 24.1. The monoisotopic (exact) mass is 298 g/mol. The third-order valence-electron chi connectivity index (χ3n) is 3.35. The predicted molar refractivity (Wildman–Crippen MR) is 84.6 cm³/mol. The van der Waals surface area contributed by atoms with Gasteiger partial charge < -0.3 is 15.7 Å². The lowest BCUT2D eigenvalue weighted by Gasteiger charge is -2.15. The number of amides is 2. The highest BCUT2D eigenvalue weighted by atomic mass is 16.3. The number of hydrogen-bond acceptors (Lipinski definition) is 3. The fourth-order valence-electron chi connectivity index (χ4n) is 2.19. The molecule has 2 amide bonds. The minimum absolute atomic E-state index is 0.289. The minimum atomic E-state index is -1.29. The average molecular weight is 298 g/mol. The van der Waals surface area contributed by atoms with Crippen LogP contribution in [0.15, 0.2) is 48.5 Å². The normalized spacial score (nSPS) is 11.6. The molecular formula is C17H18N2O3. The Hall–Kier alpha value is -2.66. The predicted octanol–water partition coefficient (Wildman–Crippen LogP) is 2.03. The number of aliphatic hydroxyl groups is 1. The highest BCUT2D eigenvalue weighted by Gasteiger charge is 2.20. The summed E-state index contributed by atoms with van der Waals surface area (Å²) in [6, 6.07) is 13.8. The SMILES string of the molecule is CNC(=O)c1c(C)cccc1NC(=O)C(O)c1ccccc1. The van der Waals surface area contributed by atoms with E-state index in [1.54, 1.807) is 55.5 Å². The van der Waals surface area contributed by atoms with Crippen molar-refractivity contribution in [3.05, 3.63) is 65.2 Å². The third-order valence-corrected chi connectivity index (χ3v) is 3.35. The van der Waals surface area contributed by atoms with Gasteiger partial charge in [0.05, 0.1) is 11.3 Å². The maximum atomic E-state index is 12.2. The largest absolute Gasteiger partial charge is 0.378 e. The van der Waals surface area contributed by atoms with Gasteiger partial charge in [-0.2, -0.15) is 0 Å². The summed E-state index contributed by atoms with van der Waals surface area (Å²) in [5.41, 5.74) is 2.00. The maximum Gasteiger partial charge on any atom is 0.257 e. The van der Waals surface area contributed by atoms with Gasteiger partial charge in [0.15, 0.2) is 6.10 Å². The van der Waals surface area contributed by atoms with Gasteiger partial charge >= 0.3 is 0 Å². The average Bonchev–Trinajstić information content (AvgIpc) is 2.54. The standard InChI is InChI=1S/C17H18N2O3/c1-11-7-6-10-13(14(11)16(21)18-2)19-17(22)15(20)12-8-4-3-5-9-12/h3-10,15,20H,1-2H3,(H,18,21)(H,19,22). The summed E-state index contributed by atoms with van der Waals surface area (Å²) in [6.07, 6.45) is -1.29. The van der Waals surface area contributed by atoms with Crippen molar-refractivity contribution in [2.75, 3.05) is 12.4 Å². The molecule has 114 valence electrons. The summed E-state index contributed by atoms with van der Waals surface area (Å²) in [6.45, 7) is 1.79. The first-order chi connectivity index (χ1) is 10.5. The van der Waals surface area contributed by atoms with Crippen LogP contribution in [0.4, 0.5) is 5.69 Å². The zero-order chi connectivity index (χ0) is 16.1. The van der Waals surface area contributed by atoms with E-state index in [0.717, 1.165) is 5.56 Å². The Morgan fingerprint density at radius 3 is 2.36 bits per heavy atom. The summed E-state index contributed by atoms with van der Waals surface area (Å²) in [5, 5.41) is 15.3. The van der Waals surface area contributed by atoms with Gasteiger partial charge in [0.1, 0.15) is 0 Å². The number of aryl methyl sites for hydroxylation is 1. The number of carbonyl (C=O) groups is 2. The van der Waals surface area contributed by atoms with E-state index in [1.165, 1.54) is 7.05 Å². The van der Waals surface area contributed by atoms with Gasteiger partial charge in [-0.05, 0) is 24.1 Å². The third kappa shape index (κ3) is 3.32. The van der Waals surface area contributed by atoms with E-state index in [-0.39, 0.29) is 5.91 Å². The van der Waals surface area contributed by atoms with Crippen LogP contribution in [-0.4, -0.2) is 24.0 Å². The van der Waals surface area contributed by atoms with Crippen molar-refractivity contribution in [2.24, 2.45) is 0 Å². The summed E-state index contributed by atoms with van der Waals surface area (Å²) < 4.78 is 0. The molecule has 0 saturated heterocycles. The van der Waals surface area contributed by atoms with Gasteiger partial charge in [-0.3, -0.25) is 9.59 Å². The van der Waals surface area contributed by atoms with Gasteiger partial charge in [0.25, 0.3) is 11.8 Å². The fourth-order valence-corrected chi connectivity index (χ4v) is 2.19. The summed E-state index contributed by atoms with van der Waals surface area (Å²) in [7, 11) is 1.53. The van der Waals surface area contributed by atoms with Crippen LogP contribution in [0.5, 0.6) is 0 Å². The second-order valence-corrected chi connectivity index (χ2v) is 4.88. The fraction of sp³-hybridized carbons (Fsp3) is 0.176. The molecule has 0 spiro atoms. The van der Waals surface area contributed by atoms with Gasteiger partial charge in [-0.25, -0.2) is 0 Å². The molecular weight excluding hydrogens is 280 g/mol. The number of anilines is 1. The van der Waals surface area contributed by atoms with Crippen molar-refractivity contribution in [3.8, 4) is 0 Å². The molecule has 0 saturated carbocycles. The molecule has 2 aromatic rings. The van der Waals surface area contributed by atoms with E-state index in [2.05, 4.69) is 10.6 Å². The molecule has 0 aliphatic carbocycles. The van der Waals surface area contributed by atoms with Crippen LogP contribution in [0.25, 0.3) is 0 Å². The van der Waals surface area contributed by atoms with E-state index >= 15 is 0 Å².